The summed E-state index contributed by atoms with van der Waals surface area (Å²) in [5, 5.41) is 0. The van der Waals surface area contributed by atoms with E-state index in [1.807, 2.05) is 91.9 Å². The van der Waals surface area contributed by atoms with Crippen molar-refractivity contribution in [3.8, 4) is 0 Å². The number of hydrogen-bond acceptors (Lipinski definition) is 2. The van der Waals surface area contributed by atoms with Gasteiger partial charge in [-0.2, -0.15) is 0 Å². The maximum absolute atomic E-state index is 12.6. The van der Waals surface area contributed by atoms with Gasteiger partial charge in [-0.05, 0) is 65.3 Å². The van der Waals surface area contributed by atoms with Crippen molar-refractivity contribution in [3.63, 3.8) is 0 Å². The van der Waals surface area contributed by atoms with E-state index in [4.69, 9.17) is 4.18 Å². The maximum atomic E-state index is 12.6. The summed E-state index contributed by atoms with van der Waals surface area (Å²) in [5.41, 5.74) is 0. The van der Waals surface area contributed by atoms with E-state index in [0.717, 1.165) is 25.6 Å². The molecule has 2 nitrogen and oxygen atoms in total. The summed E-state index contributed by atoms with van der Waals surface area (Å²) in [6, 6.07) is 28.2. The summed E-state index contributed by atoms with van der Waals surface area (Å²) in [4.78, 5) is 15.7. The molecular formula is C22H21BrO2S. The first-order valence-corrected chi connectivity index (χ1v) is 10.9. The van der Waals surface area contributed by atoms with Crippen LogP contribution in [0.3, 0.4) is 0 Å². The Morgan fingerprint density at radius 3 is 1.73 bits per heavy atom. The van der Waals surface area contributed by atoms with Gasteiger partial charge >= 0.3 is 5.97 Å². The number of carbonyl (C=O) groups is 1. The van der Waals surface area contributed by atoms with Crippen LogP contribution < -0.4 is 0 Å². The molecule has 0 radical (unpaired) electrons. The van der Waals surface area contributed by atoms with Crippen molar-refractivity contribution >= 4 is 32.2 Å². The summed E-state index contributed by atoms with van der Waals surface area (Å²) >= 11 is 3.50. The van der Waals surface area contributed by atoms with Gasteiger partial charge in [0.05, 0.1) is 0 Å². The Kier molecular flexibility index (Phi) is 6.17. The lowest BCUT2D eigenvalue weighted by atomic mass is 10.3. The fourth-order valence-corrected chi connectivity index (χ4v) is 6.12. The lowest BCUT2D eigenvalue weighted by Crippen LogP contribution is -2.13. The van der Waals surface area contributed by atoms with Crippen molar-refractivity contribution in [1.82, 2.24) is 0 Å². The van der Waals surface area contributed by atoms with Crippen LogP contribution in [0.25, 0.3) is 0 Å². The second-order valence-corrected chi connectivity index (χ2v) is 9.45. The third-order valence-corrected chi connectivity index (χ3v) is 7.74. The van der Waals surface area contributed by atoms with Crippen LogP contribution in [0.2, 0.25) is 0 Å². The fraction of sp³-hybridized carbons (Fsp3) is 0.136. The topological polar surface area (TPSA) is 26.3 Å². The molecule has 26 heavy (non-hydrogen) atoms. The molecule has 3 rings (SSSR count). The van der Waals surface area contributed by atoms with Gasteiger partial charge in [-0.1, -0.05) is 59.3 Å². The molecule has 3 aromatic rings. The standard InChI is InChI=1S/C22H21BrO2S/c1-2-9-22(24)25-26(19-10-5-3-6-11-19,20-12-7-4-8-13-20)21-16-14-18(23)15-17-21/h3-8,10-17H,2,9H2,1H3. The van der Waals surface area contributed by atoms with Crippen LogP contribution in [0.1, 0.15) is 19.8 Å². The van der Waals surface area contributed by atoms with Gasteiger partial charge in [0.15, 0.2) is 0 Å². The van der Waals surface area contributed by atoms with E-state index in [-0.39, 0.29) is 5.97 Å². The molecule has 0 amide bonds. The SMILES string of the molecule is CCCC(=O)OS(c1ccccc1)(c1ccccc1)c1ccc(Br)cc1. The molecule has 0 fully saturated rings. The zero-order valence-electron chi connectivity index (χ0n) is 14.6. The molecule has 0 spiro atoms. The van der Waals surface area contributed by atoms with Crippen LogP contribution in [0.5, 0.6) is 0 Å². The van der Waals surface area contributed by atoms with E-state index < -0.39 is 10.3 Å². The molecule has 0 unspecified atom stereocenters. The molecule has 0 aromatic heterocycles. The second-order valence-electron chi connectivity index (χ2n) is 5.84. The van der Waals surface area contributed by atoms with E-state index in [2.05, 4.69) is 15.9 Å². The average molecular weight is 429 g/mol. The maximum Gasteiger partial charge on any atom is 0.317 e. The quantitative estimate of drug-likeness (QED) is 0.422. The zero-order valence-corrected chi connectivity index (χ0v) is 17.0. The second kappa shape index (κ2) is 8.56. The first-order chi connectivity index (χ1) is 12.7. The molecule has 3 aromatic carbocycles. The minimum absolute atomic E-state index is 0.168. The Morgan fingerprint density at radius 1 is 0.808 bits per heavy atom. The molecule has 0 atom stereocenters. The Balaban J connectivity index is 2.26. The van der Waals surface area contributed by atoms with Crippen LogP contribution in [0, 0.1) is 0 Å². The Labute approximate surface area is 164 Å². The molecular weight excluding hydrogens is 408 g/mol. The van der Waals surface area contributed by atoms with Gasteiger partial charge < -0.3 is 4.18 Å². The van der Waals surface area contributed by atoms with E-state index in [9.17, 15) is 4.79 Å². The number of halogens is 1. The first-order valence-electron chi connectivity index (χ1n) is 8.58. The summed E-state index contributed by atoms with van der Waals surface area (Å²) in [7, 11) is -2.14. The van der Waals surface area contributed by atoms with Crippen molar-refractivity contribution < 1.29 is 8.98 Å². The molecule has 0 aliphatic carbocycles. The Bertz CT molecular complexity index is 809. The van der Waals surface area contributed by atoms with Gasteiger partial charge in [0.25, 0.3) is 0 Å². The number of benzene rings is 3. The van der Waals surface area contributed by atoms with E-state index >= 15 is 0 Å². The van der Waals surface area contributed by atoms with Crippen molar-refractivity contribution in [3.05, 3.63) is 89.4 Å². The van der Waals surface area contributed by atoms with Gasteiger partial charge in [0.1, 0.15) is 0 Å². The number of hydrogen-bond donors (Lipinski definition) is 0. The zero-order chi connectivity index (χ0) is 18.4. The van der Waals surface area contributed by atoms with Crippen molar-refractivity contribution in [2.75, 3.05) is 0 Å². The molecule has 0 bridgehead atoms. The van der Waals surface area contributed by atoms with Gasteiger partial charge in [0, 0.05) is 25.6 Å². The van der Waals surface area contributed by atoms with Gasteiger partial charge in [-0.3, -0.25) is 4.79 Å². The van der Waals surface area contributed by atoms with Gasteiger partial charge in [-0.25, -0.2) is 0 Å². The van der Waals surface area contributed by atoms with Crippen molar-refractivity contribution in [2.45, 2.75) is 34.5 Å². The van der Waals surface area contributed by atoms with Gasteiger partial charge in [-0.15, -0.1) is 0 Å². The summed E-state index contributed by atoms with van der Waals surface area (Å²) in [5.74, 6) is -0.168. The van der Waals surface area contributed by atoms with E-state index in [1.165, 1.54) is 0 Å². The molecule has 0 N–H and O–H groups in total. The summed E-state index contributed by atoms with van der Waals surface area (Å²) < 4.78 is 7.30. The van der Waals surface area contributed by atoms with Crippen LogP contribution in [-0.4, -0.2) is 5.97 Å². The third-order valence-electron chi connectivity index (χ3n) is 3.97. The highest BCUT2D eigenvalue weighted by Gasteiger charge is 2.35. The predicted octanol–water partition coefficient (Wildman–Crippen LogP) is 6.99. The Morgan fingerprint density at radius 2 is 1.27 bits per heavy atom. The molecule has 0 aliphatic rings. The van der Waals surface area contributed by atoms with Crippen LogP contribution >= 0.6 is 26.2 Å². The molecule has 0 saturated carbocycles. The minimum atomic E-state index is -2.14. The normalized spacial score (nSPS) is 11.8. The number of rotatable bonds is 6. The summed E-state index contributed by atoms with van der Waals surface area (Å²) in [6.45, 7) is 1.99. The Hall–Kier alpha value is -2.04. The lowest BCUT2D eigenvalue weighted by Gasteiger charge is -2.39. The average Bonchev–Trinajstić information content (AvgIpc) is 2.68. The largest absolute Gasteiger partial charge is 0.402 e. The van der Waals surface area contributed by atoms with E-state index in [0.29, 0.717) is 6.42 Å². The molecule has 4 heteroatoms. The van der Waals surface area contributed by atoms with Crippen LogP contribution in [0.4, 0.5) is 0 Å². The third kappa shape index (κ3) is 3.87. The monoisotopic (exact) mass is 428 g/mol. The highest BCUT2D eigenvalue weighted by Crippen LogP contribution is 2.69. The number of carbonyl (C=O) groups excluding carboxylic acids is 1. The predicted molar refractivity (Wildman–Crippen MR) is 110 cm³/mol. The van der Waals surface area contributed by atoms with Gasteiger partial charge in [0.2, 0.25) is 0 Å². The lowest BCUT2D eigenvalue weighted by molar-refractivity contribution is -0.133. The summed E-state index contributed by atoms with van der Waals surface area (Å²) in [6.07, 6.45) is 1.17. The fourth-order valence-electron chi connectivity index (χ4n) is 2.79. The smallest absolute Gasteiger partial charge is 0.317 e. The highest BCUT2D eigenvalue weighted by atomic mass is 79.9. The van der Waals surface area contributed by atoms with Crippen LogP contribution in [0.15, 0.2) is 104 Å². The molecule has 134 valence electrons. The minimum Gasteiger partial charge on any atom is -0.402 e. The van der Waals surface area contributed by atoms with Crippen molar-refractivity contribution in [1.29, 1.82) is 0 Å². The molecule has 0 saturated heterocycles. The molecule has 0 aliphatic heterocycles. The highest BCUT2D eigenvalue weighted by molar-refractivity contribution is 9.10. The van der Waals surface area contributed by atoms with Crippen molar-refractivity contribution in [2.24, 2.45) is 0 Å². The van der Waals surface area contributed by atoms with Crippen LogP contribution in [-0.2, 0) is 8.98 Å². The first kappa shape index (κ1) is 18.7. The molecule has 0 heterocycles. The van der Waals surface area contributed by atoms with E-state index in [1.54, 1.807) is 0 Å².